The van der Waals surface area contributed by atoms with Gasteiger partial charge in [0.15, 0.2) is 5.96 Å². The Morgan fingerprint density at radius 3 is 1.81 bits per heavy atom. The number of rotatable bonds is 18. The van der Waals surface area contributed by atoms with Gasteiger partial charge in [0, 0.05) is 26.6 Å². The zero-order valence-corrected chi connectivity index (χ0v) is 17.5. The van der Waals surface area contributed by atoms with E-state index < -0.39 is 0 Å². The number of hydrogen-bond acceptors (Lipinski definition) is 2. The van der Waals surface area contributed by atoms with E-state index in [0.29, 0.717) is 13.0 Å². The molecule has 1 amide bonds. The molecule has 0 heterocycles. The Labute approximate surface area is 162 Å². The van der Waals surface area contributed by atoms with Gasteiger partial charge in [0.2, 0.25) is 5.91 Å². The fourth-order valence-corrected chi connectivity index (χ4v) is 3.10. The molecule has 5 heteroatoms. The van der Waals surface area contributed by atoms with Crippen molar-refractivity contribution in [3.63, 3.8) is 0 Å². The normalized spacial score (nSPS) is 10.7. The highest BCUT2D eigenvalue weighted by Gasteiger charge is 2.07. The van der Waals surface area contributed by atoms with Gasteiger partial charge in [-0.2, -0.15) is 0 Å². The largest absolute Gasteiger partial charge is 0.370 e. The number of unbranched alkanes of at least 4 members (excludes halogenated alkanes) is 12. The maximum atomic E-state index is 12.1. The summed E-state index contributed by atoms with van der Waals surface area (Å²) >= 11 is 0. The molecule has 0 radical (unpaired) electrons. The van der Waals surface area contributed by atoms with E-state index in [4.69, 9.17) is 11.5 Å². The van der Waals surface area contributed by atoms with Crippen LogP contribution in [-0.4, -0.2) is 36.9 Å². The molecule has 0 fully saturated rings. The number of nitrogens with two attached hydrogens (primary N) is 2. The summed E-state index contributed by atoms with van der Waals surface area (Å²) in [6.07, 6.45) is 18.2. The molecule has 0 aliphatic rings. The Balaban J connectivity index is 3.37. The number of carbonyl (C=O) groups excluding carboxylic acids is 1. The summed E-state index contributed by atoms with van der Waals surface area (Å²) in [5.41, 5.74) is 10.6. The first-order valence-corrected chi connectivity index (χ1v) is 10.9. The Hall–Kier alpha value is -1.26. The summed E-state index contributed by atoms with van der Waals surface area (Å²) in [5, 5.41) is 0. The molecule has 0 rings (SSSR count). The average Bonchev–Trinajstić information content (AvgIpc) is 2.61. The van der Waals surface area contributed by atoms with E-state index in [1.54, 1.807) is 0 Å². The monoisotopic (exact) mass is 368 g/mol. The van der Waals surface area contributed by atoms with Gasteiger partial charge in [-0.3, -0.25) is 9.79 Å². The highest BCUT2D eigenvalue weighted by molar-refractivity contribution is 5.76. The SMILES string of the molecule is CCCCCCCCCCCCCC(=O)N(C)CCCCCN=C(N)N. The van der Waals surface area contributed by atoms with Crippen LogP contribution >= 0.6 is 0 Å². The summed E-state index contributed by atoms with van der Waals surface area (Å²) in [6.45, 7) is 3.77. The summed E-state index contributed by atoms with van der Waals surface area (Å²) in [6, 6.07) is 0. The molecule has 0 aliphatic carbocycles. The van der Waals surface area contributed by atoms with Gasteiger partial charge in [-0.15, -0.1) is 0 Å². The van der Waals surface area contributed by atoms with Crippen LogP contribution in [0.5, 0.6) is 0 Å². The second-order valence-corrected chi connectivity index (χ2v) is 7.47. The minimum Gasteiger partial charge on any atom is -0.370 e. The molecule has 4 N–H and O–H groups in total. The van der Waals surface area contributed by atoms with Crippen LogP contribution in [0.2, 0.25) is 0 Å². The van der Waals surface area contributed by atoms with Crippen molar-refractivity contribution in [2.24, 2.45) is 16.5 Å². The highest BCUT2D eigenvalue weighted by Crippen LogP contribution is 2.12. The molecule has 0 saturated heterocycles. The van der Waals surface area contributed by atoms with Crippen LogP contribution < -0.4 is 11.5 Å². The second kappa shape index (κ2) is 18.5. The van der Waals surface area contributed by atoms with Crippen molar-refractivity contribution in [2.45, 2.75) is 103 Å². The third-order valence-corrected chi connectivity index (χ3v) is 4.87. The van der Waals surface area contributed by atoms with Gasteiger partial charge in [0.25, 0.3) is 0 Å². The van der Waals surface area contributed by atoms with Crippen molar-refractivity contribution in [2.75, 3.05) is 20.1 Å². The molecule has 0 aromatic carbocycles. The number of guanidine groups is 1. The minimum atomic E-state index is 0.157. The molecule has 0 aliphatic heterocycles. The van der Waals surface area contributed by atoms with Crippen LogP contribution in [0.4, 0.5) is 0 Å². The smallest absolute Gasteiger partial charge is 0.222 e. The predicted octanol–water partition coefficient (Wildman–Crippen LogP) is 4.59. The van der Waals surface area contributed by atoms with Gasteiger partial charge >= 0.3 is 0 Å². The second-order valence-electron chi connectivity index (χ2n) is 7.47. The molecule has 154 valence electrons. The third-order valence-electron chi connectivity index (χ3n) is 4.87. The summed E-state index contributed by atoms with van der Waals surface area (Å²) in [5.74, 6) is 0.439. The maximum absolute atomic E-state index is 12.1. The zero-order valence-electron chi connectivity index (χ0n) is 17.5. The van der Waals surface area contributed by atoms with E-state index >= 15 is 0 Å². The Kier molecular flexibility index (Phi) is 17.6. The Morgan fingerprint density at radius 1 is 0.769 bits per heavy atom. The standard InChI is InChI=1S/C21H44N4O/c1-3-4-5-6-7-8-9-10-11-12-14-17-20(26)25(2)19-16-13-15-18-24-21(22)23/h3-19H2,1-2H3,(H4,22,23,24). The minimum absolute atomic E-state index is 0.157. The lowest BCUT2D eigenvalue weighted by Gasteiger charge is -2.17. The van der Waals surface area contributed by atoms with Crippen LogP contribution in [0.25, 0.3) is 0 Å². The molecule has 5 nitrogen and oxygen atoms in total. The Morgan fingerprint density at radius 2 is 1.27 bits per heavy atom. The van der Waals surface area contributed by atoms with Gasteiger partial charge in [-0.1, -0.05) is 71.1 Å². The van der Waals surface area contributed by atoms with Crippen molar-refractivity contribution >= 4 is 11.9 Å². The molecule has 0 aromatic heterocycles. The van der Waals surface area contributed by atoms with Crippen molar-refractivity contribution < 1.29 is 4.79 Å². The lowest BCUT2D eigenvalue weighted by molar-refractivity contribution is -0.130. The van der Waals surface area contributed by atoms with Gasteiger partial charge in [0.1, 0.15) is 0 Å². The fraction of sp³-hybridized carbons (Fsp3) is 0.905. The molecule has 26 heavy (non-hydrogen) atoms. The predicted molar refractivity (Wildman–Crippen MR) is 113 cm³/mol. The first-order valence-electron chi connectivity index (χ1n) is 10.9. The van der Waals surface area contributed by atoms with Crippen LogP contribution in [0.1, 0.15) is 103 Å². The number of carbonyl (C=O) groups is 1. The molecule has 0 spiro atoms. The zero-order chi connectivity index (χ0) is 19.5. The van der Waals surface area contributed by atoms with E-state index in [0.717, 1.165) is 32.2 Å². The Bertz CT molecular complexity index is 354. The van der Waals surface area contributed by atoms with E-state index in [-0.39, 0.29) is 11.9 Å². The summed E-state index contributed by atoms with van der Waals surface area (Å²) < 4.78 is 0. The molecule has 0 bridgehead atoms. The van der Waals surface area contributed by atoms with E-state index in [1.807, 2.05) is 11.9 Å². The quantitative estimate of drug-likeness (QED) is 0.211. The van der Waals surface area contributed by atoms with E-state index in [1.165, 1.54) is 64.2 Å². The fourth-order valence-electron chi connectivity index (χ4n) is 3.10. The van der Waals surface area contributed by atoms with Gasteiger partial charge in [-0.25, -0.2) is 0 Å². The lowest BCUT2D eigenvalue weighted by atomic mass is 10.1. The molecule has 0 saturated carbocycles. The van der Waals surface area contributed by atoms with Crippen molar-refractivity contribution in [3.05, 3.63) is 0 Å². The van der Waals surface area contributed by atoms with E-state index in [2.05, 4.69) is 11.9 Å². The van der Waals surface area contributed by atoms with Gasteiger partial charge in [-0.05, 0) is 25.7 Å². The number of amides is 1. The van der Waals surface area contributed by atoms with E-state index in [9.17, 15) is 4.79 Å². The third kappa shape index (κ3) is 17.6. The van der Waals surface area contributed by atoms with Gasteiger partial charge < -0.3 is 16.4 Å². The lowest BCUT2D eigenvalue weighted by Crippen LogP contribution is -2.27. The van der Waals surface area contributed by atoms with Crippen molar-refractivity contribution in [1.29, 1.82) is 0 Å². The molecule has 0 unspecified atom stereocenters. The van der Waals surface area contributed by atoms with Crippen LogP contribution in [0.15, 0.2) is 4.99 Å². The average molecular weight is 369 g/mol. The van der Waals surface area contributed by atoms with Crippen molar-refractivity contribution in [3.8, 4) is 0 Å². The first-order chi connectivity index (χ1) is 12.6. The molecule has 0 atom stereocenters. The number of aliphatic imine (C=N–C) groups is 1. The first kappa shape index (κ1) is 24.7. The number of nitrogens with zero attached hydrogens (tertiary/aromatic N) is 2. The summed E-state index contributed by atoms with van der Waals surface area (Å²) in [4.78, 5) is 17.9. The number of hydrogen-bond donors (Lipinski definition) is 2. The topological polar surface area (TPSA) is 84.7 Å². The van der Waals surface area contributed by atoms with Crippen LogP contribution in [0.3, 0.4) is 0 Å². The van der Waals surface area contributed by atoms with Crippen LogP contribution in [-0.2, 0) is 4.79 Å². The molecular weight excluding hydrogens is 324 g/mol. The maximum Gasteiger partial charge on any atom is 0.222 e. The van der Waals surface area contributed by atoms with Crippen molar-refractivity contribution in [1.82, 2.24) is 4.90 Å². The van der Waals surface area contributed by atoms with Crippen LogP contribution in [0, 0.1) is 0 Å². The van der Waals surface area contributed by atoms with Gasteiger partial charge in [0.05, 0.1) is 0 Å². The molecular formula is C21H44N4O. The summed E-state index contributed by atoms with van der Waals surface area (Å²) in [7, 11) is 1.91. The molecule has 0 aromatic rings. The highest BCUT2D eigenvalue weighted by atomic mass is 16.2.